The summed E-state index contributed by atoms with van der Waals surface area (Å²) in [6.45, 7) is 7.70. The Morgan fingerprint density at radius 1 is 1.33 bits per heavy atom. The maximum atomic E-state index is 15.8. The molecule has 1 aliphatic rings. The molecule has 2 N–H and O–H groups in total. The Bertz CT molecular complexity index is 948. The summed E-state index contributed by atoms with van der Waals surface area (Å²) in [7, 11) is -0.00425. The van der Waals surface area contributed by atoms with Gasteiger partial charge in [-0.25, -0.2) is 24.0 Å². The lowest BCUT2D eigenvalue weighted by Gasteiger charge is -2.37. The highest BCUT2D eigenvalue weighted by Gasteiger charge is 2.49. The average molecular weight is 483 g/mol. The largest absolute Gasteiger partial charge is 0.394 e. The first-order valence-electron chi connectivity index (χ1n) is 10.8. The summed E-state index contributed by atoms with van der Waals surface area (Å²) in [5, 5.41) is 21.7. The highest BCUT2D eigenvalue weighted by atomic mass is 31.2. The van der Waals surface area contributed by atoms with Crippen molar-refractivity contribution < 1.29 is 23.3 Å². The van der Waals surface area contributed by atoms with Gasteiger partial charge in [0.25, 0.3) is 8.53 Å². The van der Waals surface area contributed by atoms with Gasteiger partial charge in [0.15, 0.2) is 23.9 Å². The van der Waals surface area contributed by atoms with Crippen LogP contribution in [0.15, 0.2) is 12.7 Å². The van der Waals surface area contributed by atoms with E-state index in [2.05, 4.69) is 20.3 Å². The molecule has 3 rings (SSSR count). The number of nitrogens with zero attached hydrogens (tertiary/aromatic N) is 6. The van der Waals surface area contributed by atoms with Crippen LogP contribution in [0.5, 0.6) is 0 Å². The fraction of sp³-hybridized carbons (Fsp3) is 0.700. The first-order valence-corrected chi connectivity index (χ1v) is 12.0. The average Bonchev–Trinajstić information content (AvgIpc) is 3.34. The van der Waals surface area contributed by atoms with Crippen LogP contribution in [0.25, 0.3) is 11.2 Å². The molecule has 0 aromatic carbocycles. The van der Waals surface area contributed by atoms with Crippen LogP contribution in [0.2, 0.25) is 0 Å². The number of imidazole rings is 1. The Balaban J connectivity index is 1.88. The van der Waals surface area contributed by atoms with E-state index in [0.717, 1.165) is 0 Å². The molecule has 0 bridgehead atoms. The minimum atomic E-state index is -1.71. The van der Waals surface area contributed by atoms with E-state index in [-0.39, 0.29) is 25.1 Å². The number of hydrogen-bond donors (Lipinski definition) is 2. The summed E-state index contributed by atoms with van der Waals surface area (Å²) in [6.07, 6.45) is -1.74. The number of hydrogen-bond acceptors (Lipinski definition) is 10. The number of rotatable bonds is 11. The fourth-order valence-electron chi connectivity index (χ4n) is 3.81. The third-order valence-corrected chi connectivity index (χ3v) is 7.32. The molecule has 3 heterocycles. The zero-order valence-corrected chi connectivity index (χ0v) is 20.3. The van der Waals surface area contributed by atoms with E-state index >= 15 is 4.39 Å². The summed E-state index contributed by atoms with van der Waals surface area (Å²) < 4.78 is 37.2. The highest BCUT2D eigenvalue weighted by molar-refractivity contribution is 7.44. The molecular formula is C20H31FN7O4P. The van der Waals surface area contributed by atoms with Crippen molar-refractivity contribution in [2.24, 2.45) is 0 Å². The Hall–Kier alpha value is -2.00. The van der Waals surface area contributed by atoms with Gasteiger partial charge in [0.1, 0.15) is 24.1 Å². The molecule has 33 heavy (non-hydrogen) atoms. The number of aromatic nitrogens is 4. The third kappa shape index (κ3) is 5.40. The van der Waals surface area contributed by atoms with Crippen LogP contribution in [0, 0.1) is 11.3 Å². The van der Waals surface area contributed by atoms with Crippen LogP contribution in [-0.2, 0) is 13.8 Å². The van der Waals surface area contributed by atoms with E-state index in [0.29, 0.717) is 17.0 Å². The van der Waals surface area contributed by atoms with Crippen LogP contribution in [-0.4, -0.2) is 80.0 Å². The number of alkyl halides is 1. The van der Waals surface area contributed by atoms with Crippen LogP contribution in [0.1, 0.15) is 40.3 Å². The summed E-state index contributed by atoms with van der Waals surface area (Å²) in [4.78, 5) is 12.6. The Morgan fingerprint density at radius 3 is 2.67 bits per heavy atom. The van der Waals surface area contributed by atoms with Crippen molar-refractivity contribution in [3.05, 3.63) is 12.7 Å². The van der Waals surface area contributed by atoms with Gasteiger partial charge in [0.05, 0.1) is 32.0 Å². The first-order chi connectivity index (χ1) is 15.8. The lowest BCUT2D eigenvalue weighted by atomic mass is 10.1. The van der Waals surface area contributed by atoms with E-state index in [4.69, 9.17) is 19.0 Å². The van der Waals surface area contributed by atoms with E-state index in [1.807, 2.05) is 38.4 Å². The molecule has 11 nitrogen and oxygen atoms in total. The summed E-state index contributed by atoms with van der Waals surface area (Å²) in [6, 6.07) is 2.14. The van der Waals surface area contributed by atoms with Crippen molar-refractivity contribution in [3.63, 3.8) is 0 Å². The van der Waals surface area contributed by atoms with E-state index in [1.54, 1.807) is 7.05 Å². The van der Waals surface area contributed by atoms with Gasteiger partial charge in [-0.2, -0.15) is 5.26 Å². The second kappa shape index (κ2) is 11.4. The van der Waals surface area contributed by atoms with Crippen molar-refractivity contribution >= 4 is 25.5 Å². The minimum absolute atomic E-state index is 0.0520. The Labute approximate surface area is 193 Å². The van der Waals surface area contributed by atoms with Gasteiger partial charge in [-0.05, 0) is 27.7 Å². The zero-order valence-electron chi connectivity index (χ0n) is 19.4. The fourth-order valence-corrected chi connectivity index (χ4v) is 5.58. The van der Waals surface area contributed by atoms with Crippen molar-refractivity contribution in [1.82, 2.24) is 24.2 Å². The van der Waals surface area contributed by atoms with E-state index < -0.39 is 39.7 Å². The van der Waals surface area contributed by atoms with Crippen molar-refractivity contribution in [2.45, 2.75) is 70.8 Å². The number of ether oxygens (including phenoxy) is 1. The molecule has 2 aromatic rings. The molecule has 0 amide bonds. The molecule has 1 fully saturated rings. The quantitative estimate of drug-likeness (QED) is 0.363. The van der Waals surface area contributed by atoms with Gasteiger partial charge in [0.2, 0.25) is 0 Å². The van der Waals surface area contributed by atoms with Gasteiger partial charge in [0, 0.05) is 19.1 Å². The lowest BCUT2D eigenvalue weighted by molar-refractivity contribution is -0.0446. The van der Waals surface area contributed by atoms with Gasteiger partial charge in [-0.3, -0.25) is 4.57 Å². The van der Waals surface area contributed by atoms with Crippen LogP contribution < -0.4 is 5.32 Å². The number of anilines is 1. The van der Waals surface area contributed by atoms with Gasteiger partial charge >= 0.3 is 0 Å². The smallest absolute Gasteiger partial charge is 0.259 e. The number of nitrogens with one attached hydrogen (secondary N) is 1. The van der Waals surface area contributed by atoms with Crippen molar-refractivity contribution in [2.75, 3.05) is 25.6 Å². The van der Waals surface area contributed by atoms with Gasteiger partial charge < -0.3 is 24.2 Å². The molecule has 2 aromatic heterocycles. The van der Waals surface area contributed by atoms with E-state index in [9.17, 15) is 5.11 Å². The monoisotopic (exact) mass is 483 g/mol. The van der Waals surface area contributed by atoms with Crippen LogP contribution >= 0.6 is 8.53 Å². The minimum Gasteiger partial charge on any atom is -0.394 e. The second-order valence-electron chi connectivity index (χ2n) is 8.11. The number of aliphatic hydroxyl groups excluding tert-OH is 1. The third-order valence-electron chi connectivity index (χ3n) is 5.19. The Morgan fingerprint density at radius 2 is 2.06 bits per heavy atom. The maximum absolute atomic E-state index is 15.8. The molecule has 0 aliphatic carbocycles. The topological polar surface area (TPSA) is 131 Å². The van der Waals surface area contributed by atoms with Crippen LogP contribution in [0.4, 0.5) is 10.2 Å². The van der Waals surface area contributed by atoms with Crippen LogP contribution in [0.3, 0.4) is 0 Å². The maximum Gasteiger partial charge on any atom is 0.259 e. The normalized spacial score (nSPS) is 24.2. The predicted molar refractivity (Wildman–Crippen MR) is 121 cm³/mol. The molecular weight excluding hydrogens is 452 g/mol. The summed E-state index contributed by atoms with van der Waals surface area (Å²) >= 11 is 0. The standard InChI is InChI=1S/C20H31FN7O4P/c1-12(2)28(13(3)4)33(30-8-6-7-22)32-17-14(9-29)31-20(15(17)21)27-11-26-16-18(23-5)24-10-25-19(16)27/h10-15,17,20,29H,6,8-9H2,1-5H3,(H,23,24,25)/t14-,15?,17?,20-,33?/m1/s1. The summed E-state index contributed by atoms with van der Waals surface area (Å²) in [5.74, 6) is 0.512. The molecule has 1 aliphatic heterocycles. The molecule has 0 saturated carbocycles. The SMILES string of the molecule is CNc1ncnc2c1ncn2[C@@H]1O[C@H](CO)C(OP(OCCC#N)N(C(C)C)C(C)C)C1F. The predicted octanol–water partition coefficient (Wildman–Crippen LogP) is 2.76. The lowest BCUT2D eigenvalue weighted by Crippen LogP contribution is -2.38. The van der Waals surface area contributed by atoms with Crippen molar-refractivity contribution in [3.8, 4) is 6.07 Å². The molecule has 3 unspecified atom stereocenters. The molecule has 182 valence electrons. The zero-order chi connectivity index (χ0) is 24.1. The number of halogens is 1. The molecule has 0 spiro atoms. The van der Waals surface area contributed by atoms with Gasteiger partial charge in [-0.15, -0.1) is 0 Å². The number of nitriles is 1. The number of fused-ring (bicyclic) bond motifs is 1. The molecule has 5 atom stereocenters. The molecule has 13 heteroatoms. The molecule has 1 saturated heterocycles. The molecule has 0 radical (unpaired) electrons. The van der Waals surface area contributed by atoms with Crippen molar-refractivity contribution in [1.29, 1.82) is 5.26 Å². The second-order valence-corrected chi connectivity index (χ2v) is 9.51. The van der Waals surface area contributed by atoms with E-state index in [1.165, 1.54) is 17.2 Å². The Kier molecular flexibility index (Phi) is 8.87. The first kappa shape index (κ1) is 25.6. The van der Waals surface area contributed by atoms with Gasteiger partial charge in [-0.1, -0.05) is 0 Å². The highest BCUT2D eigenvalue weighted by Crippen LogP contribution is 2.50. The number of aliphatic hydroxyl groups is 1. The summed E-state index contributed by atoms with van der Waals surface area (Å²) in [5.41, 5.74) is 0.881.